The summed E-state index contributed by atoms with van der Waals surface area (Å²) in [4.78, 5) is 11.3. The van der Waals surface area contributed by atoms with Gasteiger partial charge < -0.3 is 9.53 Å². The number of carboxylic acid groups (broad SMARTS) is 1. The van der Waals surface area contributed by atoms with Crippen LogP contribution in [0.4, 0.5) is 0 Å². The number of aryl methyl sites for hydroxylation is 1. The second-order valence-electron chi connectivity index (χ2n) is 6.34. The lowest BCUT2D eigenvalue weighted by atomic mass is 10.1. The summed E-state index contributed by atoms with van der Waals surface area (Å²) in [6, 6.07) is 5.39. The van der Waals surface area contributed by atoms with Crippen LogP contribution in [-0.2, 0) is 6.42 Å². The van der Waals surface area contributed by atoms with Gasteiger partial charge in [-0.2, -0.15) is 0 Å². The van der Waals surface area contributed by atoms with Crippen LogP contribution in [-0.4, -0.2) is 19.4 Å². The van der Waals surface area contributed by atoms with Crippen molar-refractivity contribution in [1.29, 1.82) is 0 Å². The minimum absolute atomic E-state index is 0.0970. The zero-order chi connectivity index (χ0) is 14.8. The maximum atomic E-state index is 11.3. The molecule has 0 saturated heterocycles. The van der Waals surface area contributed by atoms with Crippen LogP contribution in [0.2, 0.25) is 18.1 Å². The number of rotatable bonds is 4. The Morgan fingerprint density at radius 2 is 1.89 bits per heavy atom. The molecule has 0 spiro atoms. The predicted octanol–water partition coefficient (Wildman–Crippen LogP) is 4.33. The van der Waals surface area contributed by atoms with E-state index in [-0.39, 0.29) is 5.04 Å². The molecular formula is C15H24O3Si. The fourth-order valence-corrected chi connectivity index (χ4v) is 2.60. The van der Waals surface area contributed by atoms with Gasteiger partial charge in [0.15, 0.2) is 0 Å². The van der Waals surface area contributed by atoms with Crippen molar-refractivity contribution in [3.8, 4) is 5.75 Å². The van der Waals surface area contributed by atoms with Gasteiger partial charge in [-0.25, -0.2) is 4.79 Å². The molecule has 1 aromatic rings. The highest BCUT2D eigenvalue weighted by Gasteiger charge is 2.39. The summed E-state index contributed by atoms with van der Waals surface area (Å²) in [6.45, 7) is 12.8. The van der Waals surface area contributed by atoms with Crippen LogP contribution in [0, 0.1) is 0 Å². The molecule has 1 rings (SSSR count). The molecule has 0 amide bonds. The fourth-order valence-electron chi connectivity index (χ4n) is 1.57. The van der Waals surface area contributed by atoms with Crippen LogP contribution < -0.4 is 4.43 Å². The largest absolute Gasteiger partial charge is 0.543 e. The van der Waals surface area contributed by atoms with E-state index < -0.39 is 14.3 Å². The van der Waals surface area contributed by atoms with E-state index in [0.717, 1.165) is 5.56 Å². The second kappa shape index (κ2) is 5.37. The van der Waals surface area contributed by atoms with Gasteiger partial charge in [0.25, 0.3) is 0 Å². The highest BCUT2D eigenvalue weighted by atomic mass is 28.4. The molecule has 0 aromatic heterocycles. The lowest BCUT2D eigenvalue weighted by molar-refractivity contribution is 0.0695. The van der Waals surface area contributed by atoms with E-state index in [4.69, 9.17) is 4.43 Å². The normalized spacial score (nSPS) is 12.3. The van der Waals surface area contributed by atoms with Crippen LogP contribution in [0.25, 0.3) is 0 Å². The number of benzene rings is 1. The fraction of sp³-hybridized carbons (Fsp3) is 0.533. The Hall–Kier alpha value is -1.29. The predicted molar refractivity (Wildman–Crippen MR) is 80.6 cm³/mol. The van der Waals surface area contributed by atoms with E-state index in [9.17, 15) is 9.90 Å². The SMILES string of the molecule is CCc1ccc(O[Si](C)(C)C(C)(C)C)cc1C(=O)O. The maximum Gasteiger partial charge on any atom is 0.336 e. The van der Waals surface area contributed by atoms with Crippen molar-refractivity contribution in [3.63, 3.8) is 0 Å². The molecule has 19 heavy (non-hydrogen) atoms. The average Bonchev–Trinajstić information content (AvgIpc) is 2.26. The Kier molecular flexibility index (Phi) is 4.45. The second-order valence-corrected chi connectivity index (χ2v) is 11.1. The Balaban J connectivity index is 3.11. The van der Waals surface area contributed by atoms with Gasteiger partial charge in [0, 0.05) is 0 Å². The third-order valence-corrected chi connectivity index (χ3v) is 8.23. The smallest absolute Gasteiger partial charge is 0.336 e. The molecule has 4 heteroatoms. The summed E-state index contributed by atoms with van der Waals surface area (Å²) in [7, 11) is -1.92. The highest BCUT2D eigenvalue weighted by molar-refractivity contribution is 6.74. The number of aromatic carboxylic acids is 1. The van der Waals surface area contributed by atoms with Gasteiger partial charge in [-0.3, -0.25) is 0 Å². The summed E-state index contributed by atoms with van der Waals surface area (Å²) in [5, 5.41) is 9.33. The van der Waals surface area contributed by atoms with Crippen molar-refractivity contribution in [2.24, 2.45) is 0 Å². The molecule has 106 valence electrons. The van der Waals surface area contributed by atoms with Crippen molar-refractivity contribution in [2.45, 2.75) is 52.2 Å². The Bertz CT molecular complexity index is 473. The molecule has 0 unspecified atom stereocenters. The van der Waals surface area contributed by atoms with Gasteiger partial charge in [-0.15, -0.1) is 0 Å². The van der Waals surface area contributed by atoms with Crippen molar-refractivity contribution in [3.05, 3.63) is 29.3 Å². The van der Waals surface area contributed by atoms with Gasteiger partial charge in [-0.05, 0) is 42.2 Å². The van der Waals surface area contributed by atoms with Crippen molar-refractivity contribution >= 4 is 14.3 Å². The molecular weight excluding hydrogens is 256 g/mol. The minimum atomic E-state index is -1.92. The summed E-state index contributed by atoms with van der Waals surface area (Å²) in [5.41, 5.74) is 1.19. The van der Waals surface area contributed by atoms with Gasteiger partial charge >= 0.3 is 5.97 Å². The van der Waals surface area contributed by atoms with Gasteiger partial charge in [-0.1, -0.05) is 33.8 Å². The molecule has 0 fully saturated rings. The monoisotopic (exact) mass is 280 g/mol. The van der Waals surface area contributed by atoms with Gasteiger partial charge in [0.1, 0.15) is 5.75 Å². The van der Waals surface area contributed by atoms with Crippen molar-refractivity contribution in [1.82, 2.24) is 0 Å². The van der Waals surface area contributed by atoms with Crippen LogP contribution in [0.15, 0.2) is 18.2 Å². The molecule has 3 nitrogen and oxygen atoms in total. The van der Waals surface area contributed by atoms with Gasteiger partial charge in [0.2, 0.25) is 8.32 Å². The summed E-state index contributed by atoms with van der Waals surface area (Å²) in [5.74, 6) is -0.223. The molecule has 0 aliphatic heterocycles. The standard InChI is InChI=1S/C15H24O3Si/c1-7-11-8-9-12(10-13(11)14(16)17)18-19(5,6)15(2,3)4/h8-10H,7H2,1-6H3,(H,16,17). The quantitative estimate of drug-likeness (QED) is 0.835. The molecule has 1 N–H and O–H groups in total. The van der Waals surface area contributed by atoms with E-state index in [1.54, 1.807) is 6.07 Å². The van der Waals surface area contributed by atoms with Crippen molar-refractivity contribution in [2.75, 3.05) is 0 Å². The molecule has 0 saturated carbocycles. The lowest BCUT2D eigenvalue weighted by Gasteiger charge is -2.36. The first-order valence-corrected chi connectivity index (χ1v) is 9.54. The van der Waals surface area contributed by atoms with Crippen molar-refractivity contribution < 1.29 is 14.3 Å². The van der Waals surface area contributed by atoms with E-state index in [1.165, 1.54) is 0 Å². The Labute approximate surface area is 116 Å². The minimum Gasteiger partial charge on any atom is -0.543 e. The number of carbonyl (C=O) groups is 1. The third kappa shape index (κ3) is 3.59. The van der Waals surface area contributed by atoms with Crippen LogP contribution in [0.5, 0.6) is 5.75 Å². The Morgan fingerprint density at radius 3 is 2.32 bits per heavy atom. The van der Waals surface area contributed by atoms with E-state index in [1.807, 2.05) is 19.1 Å². The zero-order valence-corrected chi connectivity index (χ0v) is 13.7. The van der Waals surface area contributed by atoms with E-state index >= 15 is 0 Å². The Morgan fingerprint density at radius 1 is 1.32 bits per heavy atom. The number of hydrogen-bond acceptors (Lipinski definition) is 2. The zero-order valence-electron chi connectivity index (χ0n) is 12.7. The molecule has 0 bridgehead atoms. The maximum absolute atomic E-state index is 11.3. The topological polar surface area (TPSA) is 46.5 Å². The highest BCUT2D eigenvalue weighted by Crippen LogP contribution is 2.37. The molecule has 0 heterocycles. The molecule has 0 aliphatic rings. The molecule has 0 atom stereocenters. The molecule has 0 radical (unpaired) electrons. The number of carboxylic acids is 1. The molecule has 0 aliphatic carbocycles. The summed E-state index contributed by atoms with van der Waals surface area (Å²) >= 11 is 0. The van der Waals surface area contributed by atoms with Crippen LogP contribution in [0.1, 0.15) is 43.6 Å². The van der Waals surface area contributed by atoms with Crippen LogP contribution in [0.3, 0.4) is 0 Å². The first kappa shape index (κ1) is 15.8. The first-order valence-electron chi connectivity index (χ1n) is 6.63. The summed E-state index contributed by atoms with van der Waals surface area (Å²) in [6.07, 6.45) is 0.710. The first-order chi connectivity index (χ1) is 8.58. The van der Waals surface area contributed by atoms with Crippen LogP contribution >= 0.6 is 0 Å². The van der Waals surface area contributed by atoms with E-state index in [0.29, 0.717) is 17.7 Å². The average molecular weight is 280 g/mol. The third-order valence-electron chi connectivity index (χ3n) is 3.87. The number of hydrogen-bond donors (Lipinski definition) is 1. The lowest BCUT2D eigenvalue weighted by Crippen LogP contribution is -2.43. The van der Waals surface area contributed by atoms with Gasteiger partial charge in [0.05, 0.1) is 5.56 Å². The summed E-state index contributed by atoms with van der Waals surface area (Å²) < 4.78 is 6.13. The molecule has 1 aromatic carbocycles. The van der Waals surface area contributed by atoms with E-state index in [2.05, 4.69) is 33.9 Å².